The lowest BCUT2D eigenvalue weighted by Gasteiger charge is -1.96. The molecule has 0 fully saturated rings. The Bertz CT molecular complexity index is 504. The van der Waals surface area contributed by atoms with E-state index in [1.165, 1.54) is 6.07 Å². The molecule has 2 aromatic rings. The minimum Gasteiger partial charge on any atom is -0.475 e. The minimum atomic E-state index is -1.17. The highest BCUT2D eigenvalue weighted by Gasteiger charge is 2.11. The van der Waals surface area contributed by atoms with E-state index in [2.05, 4.69) is 9.68 Å². The van der Waals surface area contributed by atoms with Crippen LogP contribution < -0.4 is 0 Å². The van der Waals surface area contributed by atoms with E-state index in [1.54, 1.807) is 24.3 Å². The van der Waals surface area contributed by atoms with Gasteiger partial charge in [-0.2, -0.15) is 0 Å². The number of benzene rings is 1. The van der Waals surface area contributed by atoms with Crippen LogP contribution in [0.1, 0.15) is 16.1 Å². The SMILES string of the molecule is O=C(O)c1cc(-c2ccc(CF)cc2)no1. The van der Waals surface area contributed by atoms with Crippen LogP contribution in [0.5, 0.6) is 0 Å². The molecule has 0 aliphatic carbocycles. The highest BCUT2D eigenvalue weighted by Crippen LogP contribution is 2.19. The Kier molecular flexibility index (Phi) is 2.68. The van der Waals surface area contributed by atoms with Crippen molar-refractivity contribution in [1.29, 1.82) is 0 Å². The molecule has 2 rings (SSSR count). The van der Waals surface area contributed by atoms with Gasteiger partial charge in [0, 0.05) is 11.6 Å². The number of hydrogen-bond acceptors (Lipinski definition) is 3. The van der Waals surface area contributed by atoms with E-state index in [-0.39, 0.29) is 5.76 Å². The van der Waals surface area contributed by atoms with Crippen LogP contribution in [0.4, 0.5) is 4.39 Å². The predicted octanol–water partition coefficient (Wildman–Crippen LogP) is 2.51. The molecule has 0 radical (unpaired) electrons. The van der Waals surface area contributed by atoms with Crippen molar-refractivity contribution in [3.8, 4) is 11.3 Å². The zero-order valence-corrected chi connectivity index (χ0v) is 8.18. The van der Waals surface area contributed by atoms with Gasteiger partial charge in [0.05, 0.1) is 0 Å². The van der Waals surface area contributed by atoms with Crippen LogP contribution in [0.3, 0.4) is 0 Å². The van der Waals surface area contributed by atoms with Crippen molar-refractivity contribution in [2.45, 2.75) is 6.67 Å². The third kappa shape index (κ3) is 1.93. The highest BCUT2D eigenvalue weighted by molar-refractivity contribution is 5.85. The molecule has 5 heteroatoms. The summed E-state index contributed by atoms with van der Waals surface area (Å²) in [7, 11) is 0. The van der Waals surface area contributed by atoms with Gasteiger partial charge in [-0.05, 0) is 5.56 Å². The van der Waals surface area contributed by atoms with Gasteiger partial charge in [-0.3, -0.25) is 0 Å². The van der Waals surface area contributed by atoms with Gasteiger partial charge in [-0.1, -0.05) is 29.4 Å². The van der Waals surface area contributed by atoms with E-state index in [0.717, 1.165) is 0 Å². The first-order valence-electron chi connectivity index (χ1n) is 4.56. The van der Waals surface area contributed by atoms with E-state index >= 15 is 0 Å². The monoisotopic (exact) mass is 221 g/mol. The summed E-state index contributed by atoms with van der Waals surface area (Å²) in [6, 6.07) is 7.89. The lowest BCUT2D eigenvalue weighted by Crippen LogP contribution is -1.91. The molecular formula is C11H8FNO3. The molecule has 0 aliphatic rings. The predicted molar refractivity (Wildman–Crippen MR) is 53.7 cm³/mol. The molecule has 1 aromatic carbocycles. The quantitative estimate of drug-likeness (QED) is 0.864. The second-order valence-corrected chi connectivity index (χ2v) is 3.21. The second-order valence-electron chi connectivity index (χ2n) is 3.21. The molecule has 82 valence electrons. The molecule has 16 heavy (non-hydrogen) atoms. The number of rotatable bonds is 3. The zero-order chi connectivity index (χ0) is 11.5. The first-order chi connectivity index (χ1) is 7.70. The van der Waals surface area contributed by atoms with Crippen molar-refractivity contribution >= 4 is 5.97 Å². The van der Waals surface area contributed by atoms with E-state index in [9.17, 15) is 9.18 Å². The Labute approximate surface area is 90.3 Å². The van der Waals surface area contributed by atoms with Crippen molar-refractivity contribution < 1.29 is 18.8 Å². The molecule has 1 heterocycles. The van der Waals surface area contributed by atoms with Gasteiger partial charge >= 0.3 is 5.97 Å². The van der Waals surface area contributed by atoms with Crippen molar-refractivity contribution in [3.63, 3.8) is 0 Å². The fourth-order valence-electron chi connectivity index (χ4n) is 1.28. The number of aromatic nitrogens is 1. The normalized spacial score (nSPS) is 10.3. The van der Waals surface area contributed by atoms with Crippen molar-refractivity contribution in [2.75, 3.05) is 0 Å². The Balaban J connectivity index is 2.31. The summed E-state index contributed by atoms with van der Waals surface area (Å²) in [5.74, 6) is -1.39. The zero-order valence-electron chi connectivity index (χ0n) is 8.18. The fourth-order valence-corrected chi connectivity index (χ4v) is 1.28. The molecule has 0 bridgehead atoms. The van der Waals surface area contributed by atoms with Crippen LogP contribution in [-0.4, -0.2) is 16.2 Å². The standard InChI is InChI=1S/C11H8FNO3/c12-6-7-1-3-8(4-2-7)9-5-10(11(14)15)16-13-9/h1-5H,6H2,(H,14,15). The summed E-state index contributed by atoms with van der Waals surface area (Å²) >= 11 is 0. The number of halogens is 1. The van der Waals surface area contributed by atoms with Gasteiger partial charge in [0.1, 0.15) is 12.4 Å². The van der Waals surface area contributed by atoms with E-state index in [1.807, 2.05) is 0 Å². The number of carboxylic acids is 1. The maximum absolute atomic E-state index is 12.3. The molecule has 4 nitrogen and oxygen atoms in total. The number of alkyl halides is 1. The fraction of sp³-hybridized carbons (Fsp3) is 0.0909. The van der Waals surface area contributed by atoms with Gasteiger partial charge < -0.3 is 9.63 Å². The van der Waals surface area contributed by atoms with Crippen LogP contribution in [-0.2, 0) is 6.67 Å². The Hall–Kier alpha value is -2.17. The largest absolute Gasteiger partial charge is 0.475 e. The number of carboxylic acid groups (broad SMARTS) is 1. The van der Waals surface area contributed by atoms with Gasteiger partial charge in [-0.15, -0.1) is 0 Å². The smallest absolute Gasteiger partial charge is 0.374 e. The third-order valence-corrected chi connectivity index (χ3v) is 2.12. The van der Waals surface area contributed by atoms with E-state index in [4.69, 9.17) is 5.11 Å². The van der Waals surface area contributed by atoms with Crippen LogP contribution >= 0.6 is 0 Å². The molecule has 0 saturated carbocycles. The van der Waals surface area contributed by atoms with Gasteiger partial charge in [0.15, 0.2) is 0 Å². The van der Waals surface area contributed by atoms with Gasteiger partial charge in [0.25, 0.3) is 0 Å². The van der Waals surface area contributed by atoms with Crippen LogP contribution in [0, 0.1) is 0 Å². The maximum atomic E-state index is 12.3. The first kappa shape index (κ1) is 10.4. The molecule has 0 unspecified atom stereocenters. The van der Waals surface area contributed by atoms with Crippen LogP contribution in [0.2, 0.25) is 0 Å². The molecule has 0 atom stereocenters. The highest BCUT2D eigenvalue weighted by atomic mass is 19.1. The summed E-state index contributed by atoms with van der Waals surface area (Å²) in [5.41, 5.74) is 1.67. The average molecular weight is 221 g/mol. The topological polar surface area (TPSA) is 63.3 Å². The second kappa shape index (κ2) is 4.14. The Morgan fingerprint density at radius 2 is 2.06 bits per heavy atom. The van der Waals surface area contributed by atoms with Crippen molar-refractivity contribution in [3.05, 3.63) is 41.7 Å². The number of nitrogens with zero attached hydrogens (tertiary/aromatic N) is 1. The molecule has 1 N–H and O–H groups in total. The lowest BCUT2D eigenvalue weighted by atomic mass is 10.1. The molecular weight excluding hydrogens is 213 g/mol. The molecule has 0 spiro atoms. The number of hydrogen-bond donors (Lipinski definition) is 1. The Morgan fingerprint density at radius 1 is 1.38 bits per heavy atom. The van der Waals surface area contributed by atoms with E-state index < -0.39 is 12.6 Å². The Morgan fingerprint density at radius 3 is 2.56 bits per heavy atom. The van der Waals surface area contributed by atoms with Crippen LogP contribution in [0.15, 0.2) is 34.9 Å². The molecule has 0 saturated heterocycles. The molecule has 0 amide bonds. The molecule has 1 aromatic heterocycles. The summed E-state index contributed by atoms with van der Waals surface area (Å²) in [5, 5.41) is 12.3. The average Bonchev–Trinajstić information content (AvgIpc) is 2.78. The lowest BCUT2D eigenvalue weighted by molar-refractivity contribution is 0.0652. The number of aromatic carboxylic acids is 1. The van der Waals surface area contributed by atoms with Crippen molar-refractivity contribution in [1.82, 2.24) is 5.16 Å². The number of carbonyl (C=O) groups is 1. The summed E-state index contributed by atoms with van der Waals surface area (Å²) < 4.78 is 16.9. The first-order valence-corrected chi connectivity index (χ1v) is 4.56. The minimum absolute atomic E-state index is 0.218. The third-order valence-electron chi connectivity index (χ3n) is 2.12. The van der Waals surface area contributed by atoms with Gasteiger partial charge in [0.2, 0.25) is 5.76 Å². The maximum Gasteiger partial charge on any atom is 0.374 e. The summed E-state index contributed by atoms with van der Waals surface area (Å²) in [6.07, 6.45) is 0. The van der Waals surface area contributed by atoms with Crippen molar-refractivity contribution in [2.24, 2.45) is 0 Å². The molecule has 0 aliphatic heterocycles. The summed E-state index contributed by atoms with van der Waals surface area (Å²) in [6.45, 7) is -0.528. The summed E-state index contributed by atoms with van der Waals surface area (Å²) in [4.78, 5) is 10.6. The van der Waals surface area contributed by atoms with E-state index in [0.29, 0.717) is 16.8 Å². The van der Waals surface area contributed by atoms with Gasteiger partial charge in [-0.25, -0.2) is 9.18 Å². The van der Waals surface area contributed by atoms with Crippen LogP contribution in [0.25, 0.3) is 11.3 Å².